The number of hydrazine groups is 1. The van der Waals surface area contributed by atoms with Crippen LogP contribution in [0.2, 0.25) is 0 Å². The number of rotatable bonds is 10. The monoisotopic (exact) mass is 556 g/mol. The molecule has 0 spiro atoms. The molecule has 198 valence electrons. The topological polar surface area (TPSA) is 94.0 Å². The second-order valence-corrected chi connectivity index (χ2v) is 9.56. The summed E-state index contributed by atoms with van der Waals surface area (Å²) in [5.41, 5.74) is 4.62. The molecule has 9 nitrogen and oxygen atoms in total. The van der Waals surface area contributed by atoms with Gasteiger partial charge in [0, 0.05) is 42.6 Å². The Balaban J connectivity index is 0.00000228. The first kappa shape index (κ1) is 29.9. The number of fused-ring (bicyclic) bond motifs is 2. The van der Waals surface area contributed by atoms with Crippen molar-refractivity contribution in [3.05, 3.63) is 45.3 Å². The van der Waals surface area contributed by atoms with Crippen molar-refractivity contribution >= 4 is 64.6 Å². The smallest absolute Gasteiger partial charge is 0.256 e. The van der Waals surface area contributed by atoms with Crippen LogP contribution in [0, 0.1) is 13.8 Å². The van der Waals surface area contributed by atoms with Gasteiger partial charge in [0.05, 0.1) is 18.8 Å². The van der Waals surface area contributed by atoms with Crippen LogP contribution in [0.4, 0.5) is 5.69 Å². The SMILES string of the molecule is CCNCCN(CC(=O)N(C)N1Cc2ccsc2C1)C(=O)CNc1cc2c(C)noc2cc1C.Cl.Cl. The van der Waals surface area contributed by atoms with Crippen LogP contribution in [0.5, 0.6) is 0 Å². The van der Waals surface area contributed by atoms with Crippen LogP contribution in [0.25, 0.3) is 11.0 Å². The maximum Gasteiger partial charge on any atom is 0.256 e. The number of carbonyl (C=O) groups is 2. The highest BCUT2D eigenvalue weighted by atomic mass is 35.5. The lowest BCUT2D eigenvalue weighted by Gasteiger charge is -2.31. The van der Waals surface area contributed by atoms with E-state index >= 15 is 0 Å². The number of carbonyl (C=O) groups excluding carboxylic acids is 2. The van der Waals surface area contributed by atoms with Gasteiger partial charge < -0.3 is 20.1 Å². The number of nitrogens with zero attached hydrogens (tertiary/aromatic N) is 4. The third-order valence-electron chi connectivity index (χ3n) is 6.22. The highest BCUT2D eigenvalue weighted by Crippen LogP contribution is 2.28. The van der Waals surface area contributed by atoms with Gasteiger partial charge >= 0.3 is 0 Å². The molecule has 0 saturated carbocycles. The van der Waals surface area contributed by atoms with Crippen molar-refractivity contribution in [3.63, 3.8) is 0 Å². The van der Waals surface area contributed by atoms with Gasteiger partial charge in [-0.25, -0.2) is 5.01 Å². The zero-order valence-corrected chi connectivity index (χ0v) is 23.4. The van der Waals surface area contributed by atoms with E-state index in [9.17, 15) is 9.59 Å². The van der Waals surface area contributed by atoms with Crippen LogP contribution in [-0.4, -0.2) is 71.7 Å². The molecule has 0 saturated heterocycles. The number of benzene rings is 1. The molecule has 0 fully saturated rings. The van der Waals surface area contributed by atoms with E-state index in [0.717, 1.165) is 47.5 Å². The standard InChI is InChI=1S/C24H32N6O3S.2ClH/c1-5-25-7-8-29(15-24(32)28(4)30-13-18-6-9-34-22(18)14-30)23(31)12-26-20-11-19-17(3)27-33-21(19)10-16(20)2;;/h6,9-11,25-26H,5,7-8,12-15H2,1-4H3;2*1H. The fraction of sp³-hybridized carbons (Fsp3) is 0.458. The Labute approximate surface area is 227 Å². The Morgan fingerprint density at radius 1 is 1.19 bits per heavy atom. The van der Waals surface area contributed by atoms with E-state index in [1.54, 1.807) is 28.3 Å². The Morgan fingerprint density at radius 3 is 2.69 bits per heavy atom. The van der Waals surface area contributed by atoms with Gasteiger partial charge in [-0.05, 0) is 55.1 Å². The summed E-state index contributed by atoms with van der Waals surface area (Å²) in [6, 6.07) is 5.98. The largest absolute Gasteiger partial charge is 0.376 e. The van der Waals surface area contributed by atoms with E-state index in [1.807, 2.05) is 37.9 Å². The fourth-order valence-corrected chi connectivity index (χ4v) is 4.97. The van der Waals surface area contributed by atoms with Gasteiger partial charge in [-0.15, -0.1) is 36.2 Å². The van der Waals surface area contributed by atoms with Crippen LogP contribution < -0.4 is 10.6 Å². The highest BCUT2D eigenvalue weighted by Gasteiger charge is 2.27. The molecule has 0 aliphatic carbocycles. The van der Waals surface area contributed by atoms with Crippen molar-refractivity contribution in [3.8, 4) is 0 Å². The first-order valence-corrected chi connectivity index (χ1v) is 12.4. The highest BCUT2D eigenvalue weighted by molar-refractivity contribution is 7.10. The van der Waals surface area contributed by atoms with Gasteiger partial charge in [0.2, 0.25) is 5.91 Å². The summed E-state index contributed by atoms with van der Waals surface area (Å²) in [4.78, 5) is 29.1. The van der Waals surface area contributed by atoms with E-state index in [0.29, 0.717) is 13.1 Å². The number of nitrogens with one attached hydrogen (secondary N) is 2. The minimum atomic E-state index is -0.123. The van der Waals surface area contributed by atoms with Crippen LogP contribution in [0.15, 0.2) is 28.1 Å². The van der Waals surface area contributed by atoms with Crippen LogP contribution in [0.3, 0.4) is 0 Å². The molecule has 0 bridgehead atoms. The average molecular weight is 558 g/mol. The molecule has 2 aromatic heterocycles. The summed E-state index contributed by atoms with van der Waals surface area (Å²) >= 11 is 1.71. The molecule has 0 radical (unpaired) electrons. The number of hydrogen-bond acceptors (Lipinski definition) is 8. The number of halogens is 2. The van der Waals surface area contributed by atoms with E-state index < -0.39 is 0 Å². The molecular weight excluding hydrogens is 523 g/mol. The average Bonchev–Trinajstić information content (AvgIpc) is 3.51. The second-order valence-electron chi connectivity index (χ2n) is 8.56. The fourth-order valence-electron chi connectivity index (χ4n) is 4.06. The Hall–Kier alpha value is -2.37. The summed E-state index contributed by atoms with van der Waals surface area (Å²) in [7, 11) is 1.78. The molecule has 0 unspecified atom stereocenters. The normalized spacial score (nSPS) is 12.6. The number of aromatic nitrogens is 1. The zero-order valence-electron chi connectivity index (χ0n) is 21.0. The van der Waals surface area contributed by atoms with Crippen molar-refractivity contribution < 1.29 is 14.1 Å². The predicted octanol–water partition coefficient (Wildman–Crippen LogP) is 3.59. The van der Waals surface area contributed by atoms with E-state index in [4.69, 9.17) is 4.52 Å². The molecule has 1 aliphatic heterocycles. The van der Waals surface area contributed by atoms with Crippen molar-refractivity contribution in [1.82, 2.24) is 25.4 Å². The van der Waals surface area contributed by atoms with Crippen LogP contribution >= 0.6 is 36.2 Å². The van der Waals surface area contributed by atoms with Crippen LogP contribution in [-0.2, 0) is 22.7 Å². The lowest BCUT2D eigenvalue weighted by molar-refractivity contribution is -0.151. The van der Waals surface area contributed by atoms with E-state index in [1.165, 1.54) is 10.4 Å². The van der Waals surface area contributed by atoms with Crippen molar-refractivity contribution in [1.29, 1.82) is 0 Å². The Bertz CT molecular complexity index is 1160. The summed E-state index contributed by atoms with van der Waals surface area (Å²) in [5.74, 6) is -0.223. The minimum Gasteiger partial charge on any atom is -0.376 e. The molecule has 0 atom stereocenters. The van der Waals surface area contributed by atoms with Gasteiger partial charge in [0.1, 0.15) is 6.54 Å². The molecule has 36 heavy (non-hydrogen) atoms. The Kier molecular flexibility index (Phi) is 11.0. The molecular formula is C24H34Cl2N6O3S. The molecule has 3 heterocycles. The minimum absolute atomic E-state index is 0. The molecule has 2 amide bonds. The first-order valence-electron chi connectivity index (χ1n) is 11.5. The second kappa shape index (κ2) is 13.3. The lowest BCUT2D eigenvalue weighted by atomic mass is 10.1. The predicted molar refractivity (Wildman–Crippen MR) is 148 cm³/mol. The third kappa shape index (κ3) is 6.68. The summed E-state index contributed by atoms with van der Waals surface area (Å²) in [5, 5.41) is 17.2. The van der Waals surface area contributed by atoms with Gasteiger partial charge in [-0.3, -0.25) is 14.6 Å². The summed E-state index contributed by atoms with van der Waals surface area (Å²) in [6.07, 6.45) is 0. The van der Waals surface area contributed by atoms with Crippen LogP contribution in [0.1, 0.15) is 28.6 Å². The summed E-state index contributed by atoms with van der Waals surface area (Å²) < 4.78 is 5.32. The number of amides is 2. The molecule has 1 aromatic carbocycles. The van der Waals surface area contributed by atoms with Gasteiger partial charge in [0.15, 0.2) is 5.58 Å². The quantitative estimate of drug-likeness (QED) is 0.368. The van der Waals surface area contributed by atoms with Crippen molar-refractivity contribution in [2.45, 2.75) is 33.9 Å². The van der Waals surface area contributed by atoms with Gasteiger partial charge in [0.25, 0.3) is 5.91 Å². The van der Waals surface area contributed by atoms with Gasteiger partial charge in [-0.2, -0.15) is 0 Å². The maximum absolute atomic E-state index is 13.1. The Morgan fingerprint density at radius 2 is 1.97 bits per heavy atom. The lowest BCUT2D eigenvalue weighted by Crippen LogP contribution is -2.49. The maximum atomic E-state index is 13.1. The number of aryl methyl sites for hydroxylation is 2. The van der Waals surface area contributed by atoms with Crippen molar-refractivity contribution in [2.24, 2.45) is 0 Å². The molecule has 2 N–H and O–H groups in total. The number of anilines is 1. The van der Waals surface area contributed by atoms with Gasteiger partial charge in [-0.1, -0.05) is 12.1 Å². The van der Waals surface area contributed by atoms with Crippen molar-refractivity contribution in [2.75, 3.05) is 45.1 Å². The molecule has 1 aliphatic rings. The van der Waals surface area contributed by atoms with E-state index in [2.05, 4.69) is 27.2 Å². The first-order chi connectivity index (χ1) is 16.4. The number of likely N-dealkylation sites (N-methyl/N-ethyl adjacent to an activating group) is 2. The zero-order chi connectivity index (χ0) is 24.2. The number of thiophene rings is 1. The van der Waals surface area contributed by atoms with E-state index in [-0.39, 0.29) is 49.7 Å². The number of hydrogen-bond donors (Lipinski definition) is 2. The molecule has 12 heteroatoms. The molecule has 3 aromatic rings. The molecule has 4 rings (SSSR count). The third-order valence-corrected chi connectivity index (χ3v) is 7.16. The summed E-state index contributed by atoms with van der Waals surface area (Å²) in [6.45, 7) is 9.35.